The molecule has 0 radical (unpaired) electrons. The Balaban J connectivity index is 2.64. The van der Waals surface area contributed by atoms with E-state index in [1.807, 2.05) is 6.92 Å². The van der Waals surface area contributed by atoms with Crippen molar-refractivity contribution in [1.29, 1.82) is 0 Å². The topological polar surface area (TPSA) is 71.5 Å². The average molecular weight is 238 g/mol. The maximum Gasteiger partial charge on any atom is 0.339 e. The van der Waals surface area contributed by atoms with Crippen LogP contribution in [0.15, 0.2) is 18.3 Å². The van der Waals surface area contributed by atoms with Gasteiger partial charge in [0.1, 0.15) is 5.82 Å². The number of ether oxygens (including phenoxy) is 1. The third-order valence-electron chi connectivity index (χ3n) is 2.34. The van der Waals surface area contributed by atoms with Gasteiger partial charge in [-0.05, 0) is 25.5 Å². The lowest BCUT2D eigenvalue weighted by Crippen LogP contribution is -2.23. The van der Waals surface area contributed by atoms with Crippen LogP contribution in [0, 0.1) is 0 Å². The molecule has 0 aromatic carbocycles. The van der Waals surface area contributed by atoms with Gasteiger partial charge in [0.15, 0.2) is 0 Å². The number of rotatable bonds is 6. The number of aliphatic hydroxyl groups excluding tert-OH is 1. The second-order valence-corrected chi connectivity index (χ2v) is 3.58. The summed E-state index contributed by atoms with van der Waals surface area (Å²) in [7, 11) is 0. The number of esters is 1. The minimum Gasteiger partial charge on any atom is -0.462 e. The van der Waals surface area contributed by atoms with E-state index in [9.17, 15) is 4.79 Å². The summed E-state index contributed by atoms with van der Waals surface area (Å²) in [5.41, 5.74) is 0.425. The highest BCUT2D eigenvalue weighted by atomic mass is 16.5. The second kappa shape index (κ2) is 6.85. The SMILES string of the molecule is CCOC(=O)c1ccc(NC(CC)CO)nc1. The van der Waals surface area contributed by atoms with Crippen LogP contribution < -0.4 is 5.32 Å². The first-order valence-electron chi connectivity index (χ1n) is 5.71. The van der Waals surface area contributed by atoms with E-state index in [4.69, 9.17) is 9.84 Å². The predicted molar refractivity (Wildman–Crippen MR) is 65.0 cm³/mol. The molecular formula is C12H18N2O3. The van der Waals surface area contributed by atoms with Crippen LogP contribution in [0.2, 0.25) is 0 Å². The summed E-state index contributed by atoms with van der Waals surface area (Å²) in [6.07, 6.45) is 2.27. The van der Waals surface area contributed by atoms with E-state index in [1.165, 1.54) is 6.20 Å². The number of nitrogens with zero attached hydrogens (tertiary/aromatic N) is 1. The molecule has 1 aromatic heterocycles. The molecule has 0 bridgehead atoms. The zero-order chi connectivity index (χ0) is 12.7. The van der Waals surface area contributed by atoms with Crippen LogP contribution >= 0.6 is 0 Å². The quantitative estimate of drug-likeness (QED) is 0.734. The summed E-state index contributed by atoms with van der Waals surface area (Å²) in [6.45, 7) is 4.13. The van der Waals surface area contributed by atoms with Gasteiger partial charge in [-0.2, -0.15) is 0 Å². The molecule has 5 heteroatoms. The second-order valence-electron chi connectivity index (χ2n) is 3.58. The van der Waals surface area contributed by atoms with Crippen molar-refractivity contribution >= 4 is 11.8 Å². The zero-order valence-electron chi connectivity index (χ0n) is 10.1. The Hall–Kier alpha value is -1.62. The fraction of sp³-hybridized carbons (Fsp3) is 0.500. The maximum atomic E-state index is 11.4. The average Bonchev–Trinajstić information content (AvgIpc) is 2.37. The number of hydrogen-bond acceptors (Lipinski definition) is 5. The molecule has 1 heterocycles. The first-order chi connectivity index (χ1) is 8.21. The van der Waals surface area contributed by atoms with Gasteiger partial charge in [0.25, 0.3) is 0 Å². The summed E-state index contributed by atoms with van der Waals surface area (Å²) in [5, 5.41) is 12.1. The van der Waals surface area contributed by atoms with Crippen molar-refractivity contribution in [2.24, 2.45) is 0 Å². The number of anilines is 1. The van der Waals surface area contributed by atoms with Crippen molar-refractivity contribution in [3.05, 3.63) is 23.9 Å². The highest BCUT2D eigenvalue weighted by Gasteiger charge is 2.08. The summed E-state index contributed by atoms with van der Waals surface area (Å²) >= 11 is 0. The monoisotopic (exact) mass is 238 g/mol. The molecule has 0 spiro atoms. The van der Waals surface area contributed by atoms with Crippen LogP contribution in [-0.4, -0.2) is 35.3 Å². The lowest BCUT2D eigenvalue weighted by atomic mass is 10.2. The molecule has 0 fully saturated rings. The van der Waals surface area contributed by atoms with E-state index in [2.05, 4.69) is 10.3 Å². The molecule has 1 rings (SSSR count). The molecule has 17 heavy (non-hydrogen) atoms. The Kier molecular flexibility index (Phi) is 5.42. The molecule has 0 aliphatic carbocycles. The van der Waals surface area contributed by atoms with Gasteiger partial charge < -0.3 is 15.2 Å². The van der Waals surface area contributed by atoms with Gasteiger partial charge in [-0.3, -0.25) is 0 Å². The minimum absolute atomic E-state index is 0.0176. The van der Waals surface area contributed by atoms with E-state index < -0.39 is 0 Å². The number of aromatic nitrogens is 1. The van der Waals surface area contributed by atoms with Crippen LogP contribution in [0.4, 0.5) is 5.82 Å². The van der Waals surface area contributed by atoms with Crippen LogP contribution in [0.5, 0.6) is 0 Å². The Morgan fingerprint density at radius 2 is 2.29 bits per heavy atom. The lowest BCUT2D eigenvalue weighted by Gasteiger charge is -2.14. The number of carbonyl (C=O) groups is 1. The first-order valence-corrected chi connectivity index (χ1v) is 5.71. The van der Waals surface area contributed by atoms with Crippen LogP contribution in [-0.2, 0) is 4.74 Å². The molecule has 1 aromatic rings. The smallest absolute Gasteiger partial charge is 0.339 e. The molecule has 0 saturated carbocycles. The molecule has 0 aliphatic heterocycles. The zero-order valence-corrected chi connectivity index (χ0v) is 10.1. The Labute approximate surface area is 101 Å². The van der Waals surface area contributed by atoms with Crippen molar-refractivity contribution in [2.75, 3.05) is 18.5 Å². The molecule has 2 N–H and O–H groups in total. The van der Waals surface area contributed by atoms with E-state index in [1.54, 1.807) is 19.1 Å². The molecule has 5 nitrogen and oxygen atoms in total. The van der Waals surface area contributed by atoms with Gasteiger partial charge in [0, 0.05) is 6.20 Å². The Morgan fingerprint density at radius 3 is 2.76 bits per heavy atom. The van der Waals surface area contributed by atoms with Crippen LogP contribution in [0.1, 0.15) is 30.6 Å². The van der Waals surface area contributed by atoms with E-state index >= 15 is 0 Å². The van der Waals surface area contributed by atoms with E-state index in [-0.39, 0.29) is 18.6 Å². The molecule has 1 atom stereocenters. The van der Waals surface area contributed by atoms with Gasteiger partial charge in [-0.25, -0.2) is 9.78 Å². The van der Waals surface area contributed by atoms with Gasteiger partial charge in [0.2, 0.25) is 0 Å². The number of carbonyl (C=O) groups excluding carboxylic acids is 1. The van der Waals surface area contributed by atoms with Crippen molar-refractivity contribution in [3.8, 4) is 0 Å². The Morgan fingerprint density at radius 1 is 1.53 bits per heavy atom. The van der Waals surface area contributed by atoms with Gasteiger partial charge >= 0.3 is 5.97 Å². The number of aliphatic hydroxyl groups is 1. The summed E-state index contributed by atoms with van der Waals surface area (Å²) in [5.74, 6) is 0.264. The first kappa shape index (κ1) is 13.4. The molecule has 0 amide bonds. The van der Waals surface area contributed by atoms with Crippen molar-refractivity contribution in [2.45, 2.75) is 26.3 Å². The van der Waals surface area contributed by atoms with Crippen LogP contribution in [0.3, 0.4) is 0 Å². The normalized spacial score (nSPS) is 11.9. The van der Waals surface area contributed by atoms with E-state index in [0.717, 1.165) is 6.42 Å². The van der Waals surface area contributed by atoms with Crippen molar-refractivity contribution in [3.63, 3.8) is 0 Å². The molecule has 0 aliphatic rings. The molecule has 94 valence electrons. The van der Waals surface area contributed by atoms with Gasteiger partial charge in [-0.1, -0.05) is 6.92 Å². The Bertz CT molecular complexity index is 347. The maximum absolute atomic E-state index is 11.4. The standard InChI is InChI=1S/C12H18N2O3/c1-3-10(8-15)14-11-6-5-9(7-13-11)12(16)17-4-2/h5-7,10,15H,3-4,8H2,1-2H3,(H,13,14). The molecular weight excluding hydrogens is 220 g/mol. The minimum atomic E-state index is -0.374. The summed E-state index contributed by atoms with van der Waals surface area (Å²) in [4.78, 5) is 15.5. The predicted octanol–water partition coefficient (Wildman–Crippen LogP) is 1.44. The summed E-state index contributed by atoms with van der Waals surface area (Å²) < 4.78 is 4.85. The fourth-order valence-electron chi connectivity index (χ4n) is 1.30. The highest BCUT2D eigenvalue weighted by Crippen LogP contribution is 2.08. The van der Waals surface area contributed by atoms with Crippen molar-refractivity contribution in [1.82, 2.24) is 4.98 Å². The van der Waals surface area contributed by atoms with Crippen LogP contribution in [0.25, 0.3) is 0 Å². The van der Waals surface area contributed by atoms with E-state index in [0.29, 0.717) is 18.0 Å². The number of hydrogen-bond donors (Lipinski definition) is 2. The largest absolute Gasteiger partial charge is 0.462 e. The lowest BCUT2D eigenvalue weighted by molar-refractivity contribution is 0.0526. The third-order valence-corrected chi connectivity index (χ3v) is 2.34. The van der Waals surface area contributed by atoms with Gasteiger partial charge in [-0.15, -0.1) is 0 Å². The fourth-order valence-corrected chi connectivity index (χ4v) is 1.30. The highest BCUT2D eigenvalue weighted by molar-refractivity contribution is 5.89. The summed E-state index contributed by atoms with van der Waals surface area (Å²) in [6, 6.07) is 3.33. The third kappa shape index (κ3) is 4.03. The van der Waals surface area contributed by atoms with Gasteiger partial charge in [0.05, 0.1) is 24.8 Å². The molecule has 1 unspecified atom stereocenters. The number of nitrogens with one attached hydrogen (secondary N) is 1. The number of pyridine rings is 1. The van der Waals surface area contributed by atoms with Crippen molar-refractivity contribution < 1.29 is 14.6 Å². The molecule has 0 saturated heterocycles.